The third kappa shape index (κ3) is 3.57. The van der Waals surface area contributed by atoms with Crippen LogP contribution in [0.4, 0.5) is 21.5 Å². The summed E-state index contributed by atoms with van der Waals surface area (Å²) in [5.74, 6) is -1.71. The summed E-state index contributed by atoms with van der Waals surface area (Å²) < 4.78 is 18.9. The number of nitrogens with zero attached hydrogens (tertiary/aromatic N) is 2. The maximum atomic E-state index is 13.7. The number of ether oxygens (including phenoxy) is 1. The molecule has 26 heavy (non-hydrogen) atoms. The predicted molar refractivity (Wildman–Crippen MR) is 91.0 cm³/mol. The molecule has 0 radical (unpaired) electrons. The fourth-order valence-corrected chi connectivity index (χ4v) is 2.58. The van der Waals surface area contributed by atoms with Crippen molar-refractivity contribution in [3.8, 4) is 5.75 Å². The van der Waals surface area contributed by atoms with Gasteiger partial charge in [0.1, 0.15) is 18.1 Å². The highest BCUT2D eigenvalue weighted by Crippen LogP contribution is 2.35. The Morgan fingerprint density at radius 1 is 1.35 bits per heavy atom. The smallest absolute Gasteiger partial charge is 0.271 e. The summed E-state index contributed by atoms with van der Waals surface area (Å²) in [6, 6.07) is 7.37. The number of hydrogen-bond acceptors (Lipinski definition) is 5. The van der Waals surface area contributed by atoms with Gasteiger partial charge in [0.05, 0.1) is 16.3 Å². The van der Waals surface area contributed by atoms with E-state index in [2.05, 4.69) is 5.32 Å². The number of hydrogen-bond donors (Lipinski definition) is 1. The van der Waals surface area contributed by atoms with Crippen LogP contribution in [0, 0.1) is 15.9 Å². The highest BCUT2D eigenvalue weighted by Gasteiger charge is 2.29. The van der Waals surface area contributed by atoms with E-state index in [4.69, 9.17) is 16.3 Å². The Morgan fingerprint density at radius 3 is 2.85 bits per heavy atom. The van der Waals surface area contributed by atoms with Gasteiger partial charge in [0.25, 0.3) is 11.6 Å². The van der Waals surface area contributed by atoms with Crippen LogP contribution >= 0.6 is 11.6 Å². The van der Waals surface area contributed by atoms with E-state index in [9.17, 15) is 24.1 Å². The Labute approximate surface area is 151 Å². The van der Waals surface area contributed by atoms with Crippen LogP contribution in [-0.2, 0) is 9.59 Å². The number of nitro groups is 1. The Bertz CT molecular complexity index is 921. The van der Waals surface area contributed by atoms with Crippen molar-refractivity contribution in [2.24, 2.45) is 0 Å². The summed E-state index contributed by atoms with van der Waals surface area (Å²) in [5.41, 5.74) is -0.298. The van der Waals surface area contributed by atoms with Gasteiger partial charge in [0.15, 0.2) is 6.61 Å². The van der Waals surface area contributed by atoms with Gasteiger partial charge in [-0.25, -0.2) is 4.39 Å². The van der Waals surface area contributed by atoms with E-state index < -0.39 is 29.1 Å². The normalized spacial score (nSPS) is 13.0. The molecule has 1 aliphatic heterocycles. The van der Waals surface area contributed by atoms with Crippen LogP contribution in [-0.4, -0.2) is 29.9 Å². The van der Waals surface area contributed by atoms with Crippen molar-refractivity contribution in [3.05, 3.63) is 57.4 Å². The molecule has 134 valence electrons. The van der Waals surface area contributed by atoms with E-state index in [-0.39, 0.29) is 34.4 Å². The molecule has 2 aromatic carbocycles. The largest absolute Gasteiger partial charge is 0.482 e. The number of carbonyl (C=O) groups excluding carboxylic acids is 2. The standard InChI is InChI=1S/C16H11ClFN3O5/c17-9-1-3-11(18)12(5-9)19-15(22)7-20-13-6-10(21(24)25)2-4-14(13)26-8-16(20)23/h1-6H,7-8H2,(H,19,22). The number of amides is 2. The van der Waals surface area contributed by atoms with Crippen LogP contribution in [0.5, 0.6) is 5.75 Å². The first kappa shape index (κ1) is 17.6. The number of nitro benzene ring substituents is 1. The molecule has 1 aliphatic rings. The molecule has 0 atom stereocenters. The lowest BCUT2D eigenvalue weighted by molar-refractivity contribution is -0.384. The molecular formula is C16H11ClFN3O5. The summed E-state index contributed by atoms with van der Waals surface area (Å²) >= 11 is 5.77. The molecule has 0 aromatic heterocycles. The lowest BCUT2D eigenvalue weighted by atomic mass is 10.2. The molecule has 0 bridgehead atoms. The van der Waals surface area contributed by atoms with Gasteiger partial charge in [0.2, 0.25) is 5.91 Å². The topological polar surface area (TPSA) is 102 Å². The van der Waals surface area contributed by atoms with Crippen molar-refractivity contribution in [3.63, 3.8) is 0 Å². The zero-order chi connectivity index (χ0) is 18.8. The Kier molecular flexibility index (Phi) is 4.72. The predicted octanol–water partition coefficient (Wildman–Crippen LogP) is 2.75. The lowest BCUT2D eigenvalue weighted by Gasteiger charge is -2.28. The average Bonchev–Trinajstić information content (AvgIpc) is 2.60. The van der Waals surface area contributed by atoms with Gasteiger partial charge in [-0.1, -0.05) is 11.6 Å². The van der Waals surface area contributed by atoms with Gasteiger partial charge in [0, 0.05) is 17.2 Å². The summed E-state index contributed by atoms with van der Waals surface area (Å²) in [7, 11) is 0. The second kappa shape index (κ2) is 6.96. The number of halogens is 2. The van der Waals surface area contributed by atoms with E-state index in [1.165, 1.54) is 24.3 Å². The minimum Gasteiger partial charge on any atom is -0.482 e. The Hall–Kier alpha value is -3.20. The molecule has 0 saturated carbocycles. The first-order chi connectivity index (χ1) is 12.3. The quantitative estimate of drug-likeness (QED) is 0.650. The van der Waals surface area contributed by atoms with Gasteiger partial charge in [-0.2, -0.15) is 0 Å². The first-order valence-corrected chi connectivity index (χ1v) is 7.69. The van der Waals surface area contributed by atoms with Crippen LogP contribution in [0.15, 0.2) is 36.4 Å². The number of nitrogens with one attached hydrogen (secondary N) is 1. The SMILES string of the molecule is O=C(CN1C(=O)COc2ccc([N+](=O)[O-])cc21)Nc1cc(Cl)ccc1F. The molecule has 3 rings (SSSR count). The molecule has 1 N–H and O–H groups in total. The van der Waals surface area contributed by atoms with Crippen molar-refractivity contribution < 1.29 is 23.6 Å². The van der Waals surface area contributed by atoms with Crippen LogP contribution in [0.3, 0.4) is 0 Å². The molecule has 0 fully saturated rings. The van der Waals surface area contributed by atoms with Crippen LogP contribution in [0.25, 0.3) is 0 Å². The average molecular weight is 380 g/mol. The second-order valence-electron chi connectivity index (χ2n) is 5.35. The molecular weight excluding hydrogens is 369 g/mol. The fraction of sp³-hybridized carbons (Fsp3) is 0.125. The third-order valence-electron chi connectivity index (χ3n) is 3.60. The summed E-state index contributed by atoms with van der Waals surface area (Å²) in [5, 5.41) is 13.5. The van der Waals surface area contributed by atoms with E-state index in [0.29, 0.717) is 0 Å². The number of benzene rings is 2. The maximum Gasteiger partial charge on any atom is 0.271 e. The van der Waals surface area contributed by atoms with Gasteiger partial charge in [-0.05, 0) is 24.3 Å². The van der Waals surface area contributed by atoms with Gasteiger partial charge in [-0.15, -0.1) is 0 Å². The Balaban J connectivity index is 1.84. The first-order valence-electron chi connectivity index (χ1n) is 7.31. The Morgan fingerprint density at radius 2 is 2.12 bits per heavy atom. The second-order valence-corrected chi connectivity index (χ2v) is 5.79. The van der Waals surface area contributed by atoms with Gasteiger partial charge >= 0.3 is 0 Å². The van der Waals surface area contributed by atoms with Crippen molar-refractivity contribution in [2.75, 3.05) is 23.4 Å². The number of carbonyl (C=O) groups is 2. The molecule has 0 spiro atoms. The van der Waals surface area contributed by atoms with Gasteiger partial charge < -0.3 is 10.1 Å². The fourth-order valence-electron chi connectivity index (χ4n) is 2.40. The molecule has 0 unspecified atom stereocenters. The summed E-state index contributed by atoms with van der Waals surface area (Å²) in [4.78, 5) is 35.7. The minimum absolute atomic E-state index is 0.0946. The van der Waals surface area contributed by atoms with Crippen LogP contribution in [0.1, 0.15) is 0 Å². The number of fused-ring (bicyclic) bond motifs is 1. The molecule has 0 aliphatic carbocycles. The molecule has 2 aromatic rings. The number of rotatable bonds is 4. The summed E-state index contributed by atoms with van der Waals surface area (Å²) in [6.45, 7) is -0.786. The molecule has 2 amide bonds. The van der Waals surface area contributed by atoms with E-state index in [1.807, 2.05) is 0 Å². The van der Waals surface area contributed by atoms with E-state index >= 15 is 0 Å². The monoisotopic (exact) mass is 379 g/mol. The minimum atomic E-state index is -0.695. The van der Waals surface area contributed by atoms with Crippen molar-refractivity contribution >= 4 is 40.5 Å². The van der Waals surface area contributed by atoms with Crippen molar-refractivity contribution in [1.29, 1.82) is 0 Å². The zero-order valence-corrected chi connectivity index (χ0v) is 13.8. The van der Waals surface area contributed by atoms with Crippen LogP contribution < -0.4 is 15.0 Å². The molecule has 1 heterocycles. The van der Waals surface area contributed by atoms with Crippen LogP contribution in [0.2, 0.25) is 5.02 Å². The molecule has 10 heteroatoms. The van der Waals surface area contributed by atoms with E-state index in [1.54, 1.807) is 0 Å². The molecule has 8 nitrogen and oxygen atoms in total. The highest BCUT2D eigenvalue weighted by atomic mass is 35.5. The van der Waals surface area contributed by atoms with Crippen molar-refractivity contribution in [2.45, 2.75) is 0 Å². The number of anilines is 2. The maximum absolute atomic E-state index is 13.7. The highest BCUT2D eigenvalue weighted by molar-refractivity contribution is 6.30. The number of non-ortho nitro benzene ring substituents is 1. The third-order valence-corrected chi connectivity index (χ3v) is 3.84. The van der Waals surface area contributed by atoms with Crippen molar-refractivity contribution in [1.82, 2.24) is 0 Å². The lowest BCUT2D eigenvalue weighted by Crippen LogP contribution is -2.43. The summed E-state index contributed by atoms with van der Waals surface area (Å²) in [6.07, 6.45) is 0. The zero-order valence-electron chi connectivity index (χ0n) is 13.1. The van der Waals surface area contributed by atoms with Gasteiger partial charge in [-0.3, -0.25) is 24.6 Å². The van der Waals surface area contributed by atoms with E-state index in [0.717, 1.165) is 17.0 Å². The molecule has 0 saturated heterocycles.